The average Bonchev–Trinajstić information content (AvgIpc) is 3.48. The molecule has 182 valence electrons. The summed E-state index contributed by atoms with van der Waals surface area (Å²) in [5, 5.41) is 2.76. The molecule has 0 fully saturated rings. The van der Waals surface area contributed by atoms with Crippen molar-refractivity contribution < 1.29 is 19.1 Å². The lowest BCUT2D eigenvalue weighted by molar-refractivity contribution is 0.0474. The van der Waals surface area contributed by atoms with Crippen molar-refractivity contribution in [2.75, 3.05) is 6.61 Å². The largest absolute Gasteiger partial charge is 0.454 e. The molecule has 7 heteroatoms. The summed E-state index contributed by atoms with van der Waals surface area (Å²) in [6.07, 6.45) is 4.64. The maximum absolute atomic E-state index is 13.5. The standard InChI is InChI=1S/C29H26N2O4S/c1-16-25(18(3)32)17(2)30-27(16)24(33)15-35-29(34)26-21-10-4-5-12-23(21)31-28-19(8-6-11-22(26)28)14-20-9-7-13-36-20/h4-5,7,9-10,12-14,30H,6,8,11,15H2,1-3H3. The molecule has 0 saturated carbocycles. The number of hydrogen-bond donors (Lipinski definition) is 1. The number of nitrogens with zero attached hydrogens (tertiary/aromatic N) is 1. The molecule has 0 atom stereocenters. The number of allylic oxidation sites excluding steroid dienone is 1. The Morgan fingerprint density at radius 3 is 2.61 bits per heavy atom. The van der Waals surface area contributed by atoms with E-state index in [2.05, 4.69) is 17.1 Å². The third-order valence-electron chi connectivity index (χ3n) is 6.64. The third-order valence-corrected chi connectivity index (χ3v) is 7.46. The van der Waals surface area contributed by atoms with E-state index in [4.69, 9.17) is 9.72 Å². The first kappa shape index (κ1) is 23.9. The van der Waals surface area contributed by atoms with Crippen LogP contribution < -0.4 is 0 Å². The molecule has 1 aromatic carbocycles. The van der Waals surface area contributed by atoms with Crippen LogP contribution in [-0.4, -0.2) is 34.1 Å². The van der Waals surface area contributed by atoms with E-state index < -0.39 is 12.6 Å². The minimum Gasteiger partial charge on any atom is -0.454 e. The Morgan fingerprint density at radius 2 is 1.89 bits per heavy atom. The van der Waals surface area contributed by atoms with E-state index in [9.17, 15) is 14.4 Å². The second kappa shape index (κ2) is 9.66. The number of ketones is 2. The number of H-pyrrole nitrogens is 1. The number of rotatable bonds is 6. The van der Waals surface area contributed by atoms with E-state index in [1.807, 2.05) is 35.7 Å². The predicted octanol–water partition coefficient (Wildman–Crippen LogP) is 6.36. The molecule has 6 nitrogen and oxygen atoms in total. The van der Waals surface area contributed by atoms with Crippen molar-refractivity contribution >= 4 is 51.4 Å². The fourth-order valence-corrected chi connectivity index (χ4v) is 5.77. The van der Waals surface area contributed by atoms with Crippen LogP contribution in [0.3, 0.4) is 0 Å². The van der Waals surface area contributed by atoms with Gasteiger partial charge in [-0.2, -0.15) is 0 Å². The molecule has 0 bridgehead atoms. The van der Waals surface area contributed by atoms with Crippen LogP contribution in [0.1, 0.15) is 78.4 Å². The molecule has 1 aliphatic rings. The van der Waals surface area contributed by atoms with Gasteiger partial charge in [-0.3, -0.25) is 9.59 Å². The fourth-order valence-electron chi connectivity index (χ4n) is 5.09. The maximum Gasteiger partial charge on any atom is 0.339 e. The van der Waals surface area contributed by atoms with Crippen LogP contribution in [0.4, 0.5) is 0 Å². The molecule has 1 aliphatic carbocycles. The van der Waals surface area contributed by atoms with Crippen LogP contribution in [0.2, 0.25) is 0 Å². The summed E-state index contributed by atoms with van der Waals surface area (Å²) in [5.41, 5.74) is 6.00. The quantitative estimate of drug-likeness (QED) is 0.247. The molecule has 4 aromatic rings. The van der Waals surface area contributed by atoms with Gasteiger partial charge in [0.05, 0.1) is 22.5 Å². The van der Waals surface area contributed by atoms with E-state index in [0.29, 0.717) is 34.5 Å². The molecule has 0 amide bonds. The van der Waals surface area contributed by atoms with Crippen molar-refractivity contribution in [2.45, 2.75) is 40.0 Å². The Balaban J connectivity index is 1.50. The zero-order chi connectivity index (χ0) is 25.4. The van der Waals surface area contributed by atoms with Gasteiger partial charge in [-0.1, -0.05) is 24.3 Å². The Labute approximate surface area is 213 Å². The maximum atomic E-state index is 13.5. The van der Waals surface area contributed by atoms with E-state index in [1.54, 1.807) is 25.2 Å². The smallest absolute Gasteiger partial charge is 0.339 e. The number of para-hydroxylation sites is 1. The summed E-state index contributed by atoms with van der Waals surface area (Å²) in [7, 11) is 0. The number of aromatic amines is 1. The number of esters is 1. The molecule has 3 heterocycles. The van der Waals surface area contributed by atoms with Gasteiger partial charge in [-0.25, -0.2) is 9.78 Å². The molecule has 36 heavy (non-hydrogen) atoms. The first-order valence-electron chi connectivity index (χ1n) is 11.9. The molecule has 0 unspecified atom stereocenters. The molecule has 0 aliphatic heterocycles. The number of pyridine rings is 1. The minimum atomic E-state index is -0.539. The number of hydrogen-bond acceptors (Lipinski definition) is 6. The highest BCUT2D eigenvalue weighted by atomic mass is 32.1. The highest BCUT2D eigenvalue weighted by Crippen LogP contribution is 2.37. The minimum absolute atomic E-state index is 0.112. The zero-order valence-corrected chi connectivity index (χ0v) is 21.3. The van der Waals surface area contributed by atoms with Crippen molar-refractivity contribution in [3.8, 4) is 0 Å². The number of thiophene rings is 1. The third kappa shape index (κ3) is 4.31. The van der Waals surface area contributed by atoms with Gasteiger partial charge in [0.15, 0.2) is 12.4 Å². The van der Waals surface area contributed by atoms with Crippen LogP contribution in [0.15, 0.2) is 41.8 Å². The first-order chi connectivity index (χ1) is 17.3. The number of carbonyl (C=O) groups excluding carboxylic acids is 3. The number of aryl methyl sites for hydroxylation is 1. The summed E-state index contributed by atoms with van der Waals surface area (Å²) in [6.45, 7) is 4.53. The summed E-state index contributed by atoms with van der Waals surface area (Å²) in [4.78, 5) is 47.4. The number of benzene rings is 1. The molecule has 3 aromatic heterocycles. The Hall–Kier alpha value is -3.84. The summed E-state index contributed by atoms with van der Waals surface area (Å²) < 4.78 is 5.59. The van der Waals surface area contributed by atoms with Crippen molar-refractivity contribution in [3.63, 3.8) is 0 Å². The van der Waals surface area contributed by atoms with Crippen LogP contribution in [0, 0.1) is 13.8 Å². The van der Waals surface area contributed by atoms with Crippen molar-refractivity contribution in [2.24, 2.45) is 0 Å². The number of fused-ring (bicyclic) bond motifs is 2. The normalized spacial score (nSPS) is 14.1. The first-order valence-corrected chi connectivity index (χ1v) is 12.8. The second-order valence-corrected chi connectivity index (χ2v) is 10.0. The second-order valence-electron chi connectivity index (χ2n) is 9.05. The molecular formula is C29H26N2O4S. The highest BCUT2D eigenvalue weighted by Gasteiger charge is 2.27. The highest BCUT2D eigenvalue weighted by molar-refractivity contribution is 7.10. The summed E-state index contributed by atoms with van der Waals surface area (Å²) in [6, 6.07) is 11.6. The Kier molecular flexibility index (Phi) is 6.41. The number of Topliss-reactive ketones (excluding diaryl/α,β-unsaturated/α-hetero) is 2. The Bertz CT molecular complexity index is 1540. The number of aromatic nitrogens is 2. The van der Waals surface area contributed by atoms with Gasteiger partial charge < -0.3 is 9.72 Å². The molecule has 5 rings (SSSR count). The van der Waals surface area contributed by atoms with Crippen LogP contribution in [0.25, 0.3) is 22.6 Å². The molecule has 0 radical (unpaired) electrons. The van der Waals surface area contributed by atoms with Gasteiger partial charge in [0.25, 0.3) is 0 Å². The zero-order valence-electron chi connectivity index (χ0n) is 20.4. The Morgan fingerprint density at radius 1 is 1.08 bits per heavy atom. The fraction of sp³-hybridized carbons (Fsp3) is 0.241. The number of carbonyl (C=O) groups is 3. The topological polar surface area (TPSA) is 89.1 Å². The van der Waals surface area contributed by atoms with Crippen LogP contribution >= 0.6 is 11.3 Å². The number of nitrogens with one attached hydrogen (secondary N) is 1. The van der Waals surface area contributed by atoms with Crippen molar-refractivity contribution in [1.82, 2.24) is 9.97 Å². The average molecular weight is 499 g/mol. The van der Waals surface area contributed by atoms with Crippen LogP contribution in [-0.2, 0) is 11.2 Å². The number of ether oxygens (including phenoxy) is 1. The van der Waals surface area contributed by atoms with Gasteiger partial charge in [0, 0.05) is 21.5 Å². The van der Waals surface area contributed by atoms with Crippen molar-refractivity contribution in [1.29, 1.82) is 0 Å². The van der Waals surface area contributed by atoms with E-state index in [1.165, 1.54) is 6.92 Å². The molecule has 0 spiro atoms. The van der Waals surface area contributed by atoms with E-state index in [-0.39, 0.29) is 11.6 Å². The lowest BCUT2D eigenvalue weighted by Crippen LogP contribution is -2.19. The van der Waals surface area contributed by atoms with Gasteiger partial charge in [0.2, 0.25) is 5.78 Å². The van der Waals surface area contributed by atoms with Gasteiger partial charge >= 0.3 is 5.97 Å². The summed E-state index contributed by atoms with van der Waals surface area (Å²) >= 11 is 1.66. The molecule has 1 N–H and O–H groups in total. The molecule has 0 saturated heterocycles. The lowest BCUT2D eigenvalue weighted by Gasteiger charge is -2.22. The van der Waals surface area contributed by atoms with Crippen LogP contribution in [0.5, 0.6) is 0 Å². The lowest BCUT2D eigenvalue weighted by atomic mass is 9.86. The van der Waals surface area contributed by atoms with Crippen molar-refractivity contribution in [3.05, 3.63) is 86.0 Å². The van der Waals surface area contributed by atoms with Gasteiger partial charge in [-0.15, -0.1) is 11.3 Å². The van der Waals surface area contributed by atoms with E-state index in [0.717, 1.165) is 45.5 Å². The molecular weight excluding hydrogens is 472 g/mol. The van der Waals surface area contributed by atoms with Gasteiger partial charge in [-0.05, 0) is 80.3 Å². The van der Waals surface area contributed by atoms with Gasteiger partial charge in [0.1, 0.15) is 0 Å². The predicted molar refractivity (Wildman–Crippen MR) is 142 cm³/mol. The van der Waals surface area contributed by atoms with E-state index >= 15 is 0 Å². The summed E-state index contributed by atoms with van der Waals surface area (Å²) in [5.74, 6) is -1.02. The monoisotopic (exact) mass is 498 g/mol. The SMILES string of the molecule is CC(=O)c1c(C)[nH]c(C(=O)COC(=O)c2c3c(nc4ccccc24)C(=Cc2cccs2)CCC3)c1C.